The third kappa shape index (κ3) is 5.50. The van der Waals surface area contributed by atoms with Gasteiger partial charge >= 0.3 is 5.97 Å². The van der Waals surface area contributed by atoms with Crippen LogP contribution in [0.2, 0.25) is 0 Å². The number of nitrogens with one attached hydrogen (secondary N) is 1. The summed E-state index contributed by atoms with van der Waals surface area (Å²) in [5, 5.41) is 13.7. The molecule has 4 saturated carbocycles. The van der Waals surface area contributed by atoms with Crippen molar-refractivity contribution in [1.29, 1.82) is 0 Å². The van der Waals surface area contributed by atoms with Gasteiger partial charge in [-0.1, -0.05) is 52.3 Å². The van der Waals surface area contributed by atoms with E-state index in [1.807, 2.05) is 26.2 Å². The Kier molecular flexibility index (Phi) is 8.96. The molecule has 0 aromatic heterocycles. The number of benzene rings is 1. The maximum atomic E-state index is 12.5. The molecule has 0 radical (unpaired) electrons. The molecule has 0 spiro atoms. The van der Waals surface area contributed by atoms with Gasteiger partial charge in [0.15, 0.2) is 0 Å². The molecule has 5 aliphatic carbocycles. The second kappa shape index (κ2) is 12.5. The number of nitrogens with zero attached hydrogens (tertiary/aromatic N) is 2. The van der Waals surface area contributed by atoms with Crippen LogP contribution in [0.4, 0.5) is 0 Å². The molecule has 6 nitrogen and oxygen atoms in total. The molecule has 8 unspecified atom stereocenters. The minimum atomic E-state index is -0.854. The lowest BCUT2D eigenvalue weighted by Gasteiger charge is -2.68. The van der Waals surface area contributed by atoms with Crippen molar-refractivity contribution in [3.05, 3.63) is 41.5 Å². The molecule has 1 amide bonds. The summed E-state index contributed by atoms with van der Waals surface area (Å²) in [5.41, 5.74) is 4.11. The number of carbonyl (C=O) groups excluding carboxylic acids is 1. The van der Waals surface area contributed by atoms with Gasteiger partial charge in [-0.3, -0.25) is 4.79 Å². The van der Waals surface area contributed by atoms with Gasteiger partial charge in [0.2, 0.25) is 5.91 Å². The zero-order chi connectivity index (χ0) is 34.1. The van der Waals surface area contributed by atoms with E-state index < -0.39 is 5.97 Å². The van der Waals surface area contributed by atoms with Gasteiger partial charge in [0.1, 0.15) is 0 Å². The average molecular weight is 658 g/mol. The van der Waals surface area contributed by atoms with Crippen LogP contribution >= 0.6 is 0 Å². The third-order valence-corrected chi connectivity index (χ3v) is 15.8. The summed E-state index contributed by atoms with van der Waals surface area (Å²) in [6, 6.07) is 7.64. The average Bonchev–Trinajstić information content (AvgIpc) is 3.49. The third-order valence-electron chi connectivity index (χ3n) is 15.8. The van der Waals surface area contributed by atoms with Crippen molar-refractivity contribution in [2.75, 3.05) is 40.3 Å². The van der Waals surface area contributed by atoms with E-state index in [0.29, 0.717) is 33.8 Å². The van der Waals surface area contributed by atoms with Crippen LogP contribution in [0, 0.1) is 51.8 Å². The second-order valence-electron chi connectivity index (χ2n) is 18.4. The number of carboxylic acids is 1. The van der Waals surface area contributed by atoms with Gasteiger partial charge in [0.05, 0.1) is 5.56 Å². The van der Waals surface area contributed by atoms with Gasteiger partial charge in [0, 0.05) is 38.6 Å². The van der Waals surface area contributed by atoms with Crippen molar-refractivity contribution in [1.82, 2.24) is 15.1 Å². The van der Waals surface area contributed by atoms with Crippen LogP contribution in [0.15, 0.2) is 30.3 Å². The summed E-state index contributed by atoms with van der Waals surface area (Å²) in [7, 11) is 3.78. The molecule has 2 N–H and O–H groups in total. The molecule has 1 aromatic rings. The number of fused-ring (bicyclic) bond motifs is 7. The molecule has 264 valence electrons. The first-order valence-electron chi connectivity index (χ1n) is 19.5. The summed E-state index contributed by atoms with van der Waals surface area (Å²) in [5.74, 6) is 3.60. The highest BCUT2D eigenvalue weighted by Gasteiger charge is 2.65. The van der Waals surface area contributed by atoms with Gasteiger partial charge in [-0.25, -0.2) is 4.79 Å². The molecule has 1 aliphatic heterocycles. The Morgan fingerprint density at radius 1 is 0.854 bits per heavy atom. The largest absolute Gasteiger partial charge is 0.478 e. The van der Waals surface area contributed by atoms with E-state index in [4.69, 9.17) is 0 Å². The summed E-state index contributed by atoms with van der Waals surface area (Å²) in [6.07, 6.45) is 18.0. The minimum Gasteiger partial charge on any atom is -0.478 e. The van der Waals surface area contributed by atoms with E-state index in [-0.39, 0.29) is 11.3 Å². The number of allylic oxidation sites excluding steroid dienone is 2. The Morgan fingerprint density at radius 2 is 1.58 bits per heavy atom. The number of carboxylic acid groups (broad SMARTS) is 1. The van der Waals surface area contributed by atoms with Gasteiger partial charge in [0.25, 0.3) is 0 Å². The number of likely N-dealkylation sites (tertiary alicyclic amines) is 1. The summed E-state index contributed by atoms with van der Waals surface area (Å²) in [6.45, 7) is 14.6. The minimum absolute atomic E-state index is 0.0597. The Hall–Kier alpha value is -2.18. The molecule has 8 atom stereocenters. The van der Waals surface area contributed by atoms with Crippen molar-refractivity contribution < 1.29 is 14.7 Å². The molecule has 7 rings (SSSR count). The second-order valence-corrected chi connectivity index (χ2v) is 18.4. The molecule has 48 heavy (non-hydrogen) atoms. The predicted molar refractivity (Wildman–Crippen MR) is 194 cm³/mol. The van der Waals surface area contributed by atoms with Gasteiger partial charge in [-0.05, 0) is 153 Å². The van der Waals surface area contributed by atoms with Crippen LogP contribution in [-0.4, -0.2) is 72.6 Å². The molecular weight excluding hydrogens is 594 g/mol. The number of amides is 1. The van der Waals surface area contributed by atoms with E-state index in [0.717, 1.165) is 69.1 Å². The zero-order valence-corrected chi connectivity index (χ0v) is 30.8. The number of hydrogen-bond donors (Lipinski definition) is 2. The van der Waals surface area contributed by atoms with Gasteiger partial charge in [-0.2, -0.15) is 0 Å². The lowest BCUT2D eigenvalue weighted by atomic mass is 9.37. The Morgan fingerprint density at radius 3 is 2.27 bits per heavy atom. The number of hydrogen-bond acceptors (Lipinski definition) is 4. The Balaban J connectivity index is 1.03. The topological polar surface area (TPSA) is 72.9 Å². The van der Waals surface area contributed by atoms with Gasteiger partial charge in [-0.15, -0.1) is 0 Å². The standard InChI is InChI=1S/C42H63N3O3/c1-39(2)32(28-9-11-30(12-10-28)38(47)48)15-21-41(4)35(39)17-22-40(3)33-16-23-42(20-7-8-34(42)31(33)13-14-36(40)41)43-24-27-45-25-18-29(19-26-45)37(46)44(5)6/h9-12,15,29,31,33-36,43H,7-8,13-14,16-27H2,1-6H3,(H,47,48). The van der Waals surface area contributed by atoms with Crippen molar-refractivity contribution >= 4 is 17.4 Å². The van der Waals surface area contributed by atoms with Crippen molar-refractivity contribution in [2.24, 2.45) is 51.8 Å². The van der Waals surface area contributed by atoms with E-state index in [1.165, 1.54) is 68.9 Å². The highest BCUT2D eigenvalue weighted by atomic mass is 16.4. The summed E-state index contributed by atoms with van der Waals surface area (Å²) in [4.78, 5) is 28.3. The SMILES string of the molecule is CN(C)C(=O)C1CCN(CCNC23CCCC2C2CCC4C(C)(CCC5C(C)(C)C(c6ccc(C(=O)O)cc6)=CCC54C)C2CC3)CC1. The Labute approximate surface area is 290 Å². The summed E-state index contributed by atoms with van der Waals surface area (Å²) >= 11 is 0. The molecule has 0 bridgehead atoms. The van der Waals surface area contributed by atoms with Crippen molar-refractivity contribution in [3.63, 3.8) is 0 Å². The number of carbonyl (C=O) groups is 2. The van der Waals surface area contributed by atoms with E-state index in [1.54, 1.807) is 17.0 Å². The maximum absolute atomic E-state index is 12.5. The van der Waals surface area contributed by atoms with E-state index in [2.05, 4.69) is 44.0 Å². The van der Waals surface area contributed by atoms with Crippen molar-refractivity contribution in [3.8, 4) is 0 Å². The van der Waals surface area contributed by atoms with Crippen LogP contribution in [-0.2, 0) is 4.79 Å². The number of piperidine rings is 1. The van der Waals surface area contributed by atoms with Crippen LogP contribution < -0.4 is 5.32 Å². The molecular formula is C42H63N3O3. The fraction of sp³-hybridized carbons (Fsp3) is 0.762. The number of aromatic carboxylic acids is 1. The lowest BCUT2D eigenvalue weighted by Crippen LogP contribution is -2.63. The normalized spacial score (nSPS) is 39.4. The highest BCUT2D eigenvalue weighted by Crippen LogP contribution is 2.72. The molecule has 1 heterocycles. The van der Waals surface area contributed by atoms with Crippen LogP contribution in [0.5, 0.6) is 0 Å². The molecule has 1 aromatic carbocycles. The quantitative estimate of drug-likeness (QED) is 0.311. The van der Waals surface area contributed by atoms with E-state index in [9.17, 15) is 14.7 Å². The number of rotatable bonds is 7. The van der Waals surface area contributed by atoms with Crippen LogP contribution in [0.25, 0.3) is 5.57 Å². The summed E-state index contributed by atoms with van der Waals surface area (Å²) < 4.78 is 0. The molecule has 5 fully saturated rings. The predicted octanol–water partition coefficient (Wildman–Crippen LogP) is 7.99. The molecule has 1 saturated heterocycles. The highest BCUT2D eigenvalue weighted by molar-refractivity contribution is 5.88. The van der Waals surface area contributed by atoms with Crippen LogP contribution in [0.1, 0.15) is 121 Å². The first-order valence-corrected chi connectivity index (χ1v) is 19.5. The molecule has 6 aliphatic rings. The Bertz CT molecular complexity index is 1410. The monoisotopic (exact) mass is 657 g/mol. The van der Waals surface area contributed by atoms with E-state index >= 15 is 0 Å². The van der Waals surface area contributed by atoms with Crippen molar-refractivity contribution in [2.45, 2.75) is 110 Å². The fourth-order valence-electron chi connectivity index (χ4n) is 13.6. The molecule has 6 heteroatoms. The lowest BCUT2D eigenvalue weighted by molar-refractivity contribution is -0.172. The first kappa shape index (κ1) is 34.3. The smallest absolute Gasteiger partial charge is 0.335 e. The first-order chi connectivity index (χ1) is 22.8. The van der Waals surface area contributed by atoms with Crippen LogP contribution in [0.3, 0.4) is 0 Å². The van der Waals surface area contributed by atoms with Gasteiger partial charge < -0.3 is 20.2 Å². The zero-order valence-electron chi connectivity index (χ0n) is 30.8. The maximum Gasteiger partial charge on any atom is 0.335 e. The fourth-order valence-corrected chi connectivity index (χ4v) is 13.6.